The Balaban J connectivity index is 2.11. The Morgan fingerprint density at radius 2 is 1.94 bits per heavy atom. The predicted molar refractivity (Wildman–Crippen MR) is 68.8 cm³/mol. The van der Waals surface area contributed by atoms with Crippen LogP contribution >= 0.6 is 0 Å². The normalized spacial score (nSPS) is 11.1. The summed E-state index contributed by atoms with van der Waals surface area (Å²) in [6, 6.07) is 8.03. The largest absolute Gasteiger partial charge is 0.339 e. The first kappa shape index (κ1) is 12.7. The number of nitrogens with zero attached hydrogens (tertiary/aromatic N) is 3. The first-order chi connectivity index (χ1) is 8.69. The van der Waals surface area contributed by atoms with E-state index in [-0.39, 0.29) is 0 Å². The van der Waals surface area contributed by atoms with E-state index in [1.807, 2.05) is 43.3 Å². The zero-order valence-electron chi connectivity index (χ0n) is 10.8. The molecule has 0 aliphatic carbocycles. The molecule has 5 nitrogen and oxygen atoms in total. The van der Waals surface area contributed by atoms with E-state index in [1.54, 1.807) is 0 Å². The summed E-state index contributed by atoms with van der Waals surface area (Å²) in [7, 11) is 3.94. The fourth-order valence-corrected chi connectivity index (χ4v) is 1.80. The van der Waals surface area contributed by atoms with Gasteiger partial charge in [0.1, 0.15) is 0 Å². The summed E-state index contributed by atoms with van der Waals surface area (Å²) in [6.45, 7) is 1.21. The van der Waals surface area contributed by atoms with Crippen molar-refractivity contribution < 1.29 is 4.52 Å². The zero-order chi connectivity index (χ0) is 13.0. The van der Waals surface area contributed by atoms with Crippen molar-refractivity contribution in [2.75, 3.05) is 14.1 Å². The molecule has 0 aliphatic rings. The van der Waals surface area contributed by atoms with E-state index in [9.17, 15) is 0 Å². The van der Waals surface area contributed by atoms with Crippen LogP contribution in [0.4, 0.5) is 0 Å². The van der Waals surface area contributed by atoms with E-state index in [1.165, 1.54) is 0 Å². The van der Waals surface area contributed by atoms with Crippen molar-refractivity contribution in [3.63, 3.8) is 0 Å². The number of hydrogen-bond acceptors (Lipinski definition) is 5. The molecule has 0 saturated heterocycles. The highest BCUT2D eigenvalue weighted by atomic mass is 16.5. The molecule has 0 fully saturated rings. The Morgan fingerprint density at radius 1 is 1.22 bits per heavy atom. The van der Waals surface area contributed by atoms with Crippen molar-refractivity contribution >= 4 is 0 Å². The van der Waals surface area contributed by atoms with Crippen molar-refractivity contribution in [2.45, 2.75) is 19.5 Å². The Hall–Kier alpha value is -1.72. The number of benzene rings is 1. The molecule has 1 heterocycles. The molecule has 0 unspecified atom stereocenters. The van der Waals surface area contributed by atoms with Crippen LogP contribution < -0.4 is 5.73 Å². The highest BCUT2D eigenvalue weighted by Gasteiger charge is 2.09. The average Bonchev–Trinajstić information content (AvgIpc) is 2.76. The summed E-state index contributed by atoms with van der Waals surface area (Å²) in [6.07, 6.45) is 0.633. The molecule has 1 aromatic carbocycles. The lowest BCUT2D eigenvalue weighted by Crippen LogP contribution is -2.11. The van der Waals surface area contributed by atoms with Crippen LogP contribution in [-0.4, -0.2) is 29.1 Å². The van der Waals surface area contributed by atoms with E-state index in [0.29, 0.717) is 31.2 Å². The van der Waals surface area contributed by atoms with Gasteiger partial charge in [0.25, 0.3) is 0 Å². The molecule has 0 spiro atoms. The standard InChI is InChI=1S/C13H18N4O/c1-17(2)9-12-15-13(18-16-12)7-10-5-3-4-6-11(10)8-14/h3-6H,7-9,14H2,1-2H3. The summed E-state index contributed by atoms with van der Waals surface area (Å²) >= 11 is 0. The monoisotopic (exact) mass is 246 g/mol. The smallest absolute Gasteiger partial charge is 0.231 e. The zero-order valence-corrected chi connectivity index (χ0v) is 10.8. The van der Waals surface area contributed by atoms with Crippen molar-refractivity contribution in [1.29, 1.82) is 0 Å². The van der Waals surface area contributed by atoms with Crippen LogP contribution in [0.25, 0.3) is 0 Å². The Kier molecular flexibility index (Phi) is 4.07. The molecule has 18 heavy (non-hydrogen) atoms. The fourth-order valence-electron chi connectivity index (χ4n) is 1.80. The van der Waals surface area contributed by atoms with Crippen LogP contribution in [0, 0.1) is 0 Å². The number of aromatic nitrogens is 2. The fraction of sp³-hybridized carbons (Fsp3) is 0.385. The lowest BCUT2D eigenvalue weighted by molar-refractivity contribution is 0.352. The molecular weight excluding hydrogens is 228 g/mol. The summed E-state index contributed by atoms with van der Waals surface area (Å²) in [5.41, 5.74) is 7.96. The van der Waals surface area contributed by atoms with Gasteiger partial charge in [-0.1, -0.05) is 29.4 Å². The molecule has 5 heteroatoms. The van der Waals surface area contributed by atoms with Gasteiger partial charge in [0.2, 0.25) is 5.89 Å². The van der Waals surface area contributed by atoms with Gasteiger partial charge in [0.05, 0.1) is 13.0 Å². The SMILES string of the molecule is CN(C)Cc1noc(Cc2ccccc2CN)n1. The van der Waals surface area contributed by atoms with Crippen LogP contribution in [0.3, 0.4) is 0 Å². The molecule has 0 aliphatic heterocycles. The quantitative estimate of drug-likeness (QED) is 0.858. The van der Waals surface area contributed by atoms with Gasteiger partial charge in [-0.3, -0.25) is 0 Å². The third-order valence-electron chi connectivity index (χ3n) is 2.65. The second kappa shape index (κ2) is 5.75. The maximum atomic E-state index is 5.70. The highest BCUT2D eigenvalue weighted by Crippen LogP contribution is 2.13. The molecular formula is C13H18N4O. The molecule has 0 amide bonds. The summed E-state index contributed by atoms with van der Waals surface area (Å²) < 4.78 is 5.24. The maximum Gasteiger partial charge on any atom is 0.231 e. The van der Waals surface area contributed by atoms with Crippen LogP contribution in [-0.2, 0) is 19.5 Å². The van der Waals surface area contributed by atoms with Crippen LogP contribution in [0.15, 0.2) is 28.8 Å². The van der Waals surface area contributed by atoms with Gasteiger partial charge in [-0.2, -0.15) is 4.98 Å². The van der Waals surface area contributed by atoms with Gasteiger partial charge in [0, 0.05) is 6.54 Å². The lowest BCUT2D eigenvalue weighted by Gasteiger charge is -2.04. The van der Waals surface area contributed by atoms with Crippen LogP contribution in [0.2, 0.25) is 0 Å². The summed E-state index contributed by atoms with van der Waals surface area (Å²) in [5, 5.41) is 3.95. The minimum atomic E-state index is 0.523. The van der Waals surface area contributed by atoms with E-state index in [0.717, 1.165) is 11.1 Å². The van der Waals surface area contributed by atoms with E-state index < -0.39 is 0 Å². The number of rotatable bonds is 5. The first-order valence-corrected chi connectivity index (χ1v) is 5.92. The van der Waals surface area contributed by atoms with E-state index in [4.69, 9.17) is 10.3 Å². The van der Waals surface area contributed by atoms with E-state index >= 15 is 0 Å². The van der Waals surface area contributed by atoms with Gasteiger partial charge in [-0.05, 0) is 25.2 Å². The van der Waals surface area contributed by atoms with Gasteiger partial charge in [0.15, 0.2) is 5.82 Å². The van der Waals surface area contributed by atoms with Crippen LogP contribution in [0.5, 0.6) is 0 Å². The minimum absolute atomic E-state index is 0.523. The van der Waals surface area contributed by atoms with Gasteiger partial charge in [-0.25, -0.2) is 0 Å². The lowest BCUT2D eigenvalue weighted by atomic mass is 10.0. The molecule has 2 rings (SSSR count). The van der Waals surface area contributed by atoms with Crippen LogP contribution in [0.1, 0.15) is 22.8 Å². The Labute approximate surface area is 107 Å². The first-order valence-electron chi connectivity index (χ1n) is 5.92. The predicted octanol–water partition coefficient (Wildman–Crippen LogP) is 1.18. The second-order valence-corrected chi connectivity index (χ2v) is 4.49. The van der Waals surface area contributed by atoms with Gasteiger partial charge >= 0.3 is 0 Å². The molecule has 0 atom stereocenters. The Bertz CT molecular complexity index is 507. The molecule has 2 N–H and O–H groups in total. The van der Waals surface area contributed by atoms with Crippen molar-refractivity contribution in [3.05, 3.63) is 47.1 Å². The average molecular weight is 246 g/mol. The minimum Gasteiger partial charge on any atom is -0.339 e. The van der Waals surface area contributed by atoms with Crippen molar-refractivity contribution in [2.24, 2.45) is 5.73 Å². The summed E-state index contributed by atoms with van der Waals surface area (Å²) in [5.74, 6) is 1.34. The molecule has 0 radical (unpaired) electrons. The second-order valence-electron chi connectivity index (χ2n) is 4.49. The van der Waals surface area contributed by atoms with Gasteiger partial charge in [-0.15, -0.1) is 0 Å². The third-order valence-corrected chi connectivity index (χ3v) is 2.65. The summed E-state index contributed by atoms with van der Waals surface area (Å²) in [4.78, 5) is 6.36. The van der Waals surface area contributed by atoms with Gasteiger partial charge < -0.3 is 15.2 Å². The highest BCUT2D eigenvalue weighted by molar-refractivity contribution is 5.28. The van der Waals surface area contributed by atoms with Crippen molar-refractivity contribution in [3.8, 4) is 0 Å². The van der Waals surface area contributed by atoms with E-state index in [2.05, 4.69) is 10.1 Å². The molecule has 0 bridgehead atoms. The Morgan fingerprint density at radius 3 is 2.61 bits per heavy atom. The van der Waals surface area contributed by atoms with Crippen molar-refractivity contribution in [1.82, 2.24) is 15.0 Å². The molecule has 0 saturated carbocycles. The number of nitrogens with two attached hydrogens (primary N) is 1. The molecule has 96 valence electrons. The third kappa shape index (κ3) is 3.15. The molecule has 1 aromatic heterocycles. The maximum absolute atomic E-state index is 5.70. The topological polar surface area (TPSA) is 68.2 Å². The number of hydrogen-bond donors (Lipinski definition) is 1. The molecule has 2 aromatic rings.